The first-order valence-electron chi connectivity index (χ1n) is 8.15. The molecule has 5 nitrogen and oxygen atoms in total. The Hall–Kier alpha value is -3.24. The first kappa shape index (κ1) is 20.5. The summed E-state index contributed by atoms with van der Waals surface area (Å²) in [5.41, 5.74) is 0.428. The zero-order chi connectivity index (χ0) is 21.2. The highest BCUT2D eigenvalue weighted by molar-refractivity contribution is 5.91. The lowest BCUT2D eigenvalue weighted by Crippen LogP contribution is -2.23. The fraction of sp³-hybridized carbons (Fsp3) is 0.222. The summed E-state index contributed by atoms with van der Waals surface area (Å²) in [4.78, 5) is 15.8. The summed E-state index contributed by atoms with van der Waals surface area (Å²) >= 11 is 0. The van der Waals surface area contributed by atoms with E-state index in [1.54, 1.807) is 0 Å². The molecule has 0 saturated heterocycles. The van der Waals surface area contributed by atoms with Crippen molar-refractivity contribution < 1.29 is 35.9 Å². The minimum Gasteiger partial charge on any atom is -0.484 e. The van der Waals surface area contributed by atoms with Gasteiger partial charge in [-0.15, -0.1) is 0 Å². The van der Waals surface area contributed by atoms with Crippen molar-refractivity contribution in [2.24, 2.45) is 0 Å². The maximum absolute atomic E-state index is 13.3. The van der Waals surface area contributed by atoms with Crippen molar-refractivity contribution in [1.29, 1.82) is 0 Å². The van der Waals surface area contributed by atoms with Crippen molar-refractivity contribution in [1.82, 2.24) is 9.55 Å². The number of halogens is 6. The molecular formula is C18H13F6N3O2. The number of hydrogen-bond donors (Lipinski definition) is 1. The van der Waals surface area contributed by atoms with Crippen LogP contribution in [0.5, 0.6) is 5.75 Å². The molecule has 29 heavy (non-hydrogen) atoms. The number of ether oxygens (including phenoxy) is 1. The third kappa shape index (κ3) is 5.18. The van der Waals surface area contributed by atoms with Gasteiger partial charge in [-0.25, -0.2) is 4.98 Å². The van der Waals surface area contributed by atoms with Gasteiger partial charge in [0.1, 0.15) is 12.3 Å². The summed E-state index contributed by atoms with van der Waals surface area (Å²) in [6.45, 7) is -2.12. The van der Waals surface area contributed by atoms with Gasteiger partial charge in [-0.3, -0.25) is 4.79 Å². The second kappa shape index (κ2) is 7.64. The minimum atomic E-state index is -4.75. The average molecular weight is 417 g/mol. The van der Waals surface area contributed by atoms with Crippen LogP contribution in [0.3, 0.4) is 0 Å². The van der Waals surface area contributed by atoms with E-state index >= 15 is 0 Å². The van der Waals surface area contributed by atoms with Gasteiger partial charge in [0, 0.05) is 5.69 Å². The molecule has 0 radical (unpaired) electrons. The second-order valence-corrected chi connectivity index (χ2v) is 5.98. The topological polar surface area (TPSA) is 56.2 Å². The molecule has 0 bridgehead atoms. The molecule has 0 aliphatic heterocycles. The van der Waals surface area contributed by atoms with E-state index in [9.17, 15) is 31.1 Å². The van der Waals surface area contributed by atoms with E-state index < -0.39 is 37.2 Å². The van der Waals surface area contributed by atoms with Gasteiger partial charge < -0.3 is 14.6 Å². The lowest BCUT2D eigenvalue weighted by Gasteiger charge is -2.12. The Morgan fingerprint density at radius 3 is 2.28 bits per heavy atom. The number of fused-ring (bicyclic) bond motifs is 1. The first-order valence-corrected chi connectivity index (χ1v) is 8.15. The molecule has 1 N–H and O–H groups in total. The monoisotopic (exact) mass is 417 g/mol. The molecule has 0 atom stereocenters. The van der Waals surface area contributed by atoms with Crippen molar-refractivity contribution in [2.45, 2.75) is 18.9 Å². The molecular weight excluding hydrogens is 404 g/mol. The highest BCUT2D eigenvalue weighted by Gasteiger charge is 2.38. The Labute approximate surface area is 159 Å². The number of carbonyl (C=O) groups is 1. The molecule has 0 saturated carbocycles. The van der Waals surface area contributed by atoms with Crippen molar-refractivity contribution in [3.8, 4) is 5.75 Å². The normalized spacial score (nSPS) is 12.2. The number of imidazole rings is 1. The van der Waals surface area contributed by atoms with E-state index in [0.29, 0.717) is 0 Å². The second-order valence-electron chi connectivity index (χ2n) is 5.98. The Balaban J connectivity index is 1.73. The zero-order valence-electron chi connectivity index (χ0n) is 14.5. The molecule has 11 heteroatoms. The number of alkyl halides is 6. The summed E-state index contributed by atoms with van der Waals surface area (Å²) in [6.07, 6.45) is -9.24. The summed E-state index contributed by atoms with van der Waals surface area (Å²) in [5, 5.41) is 2.39. The molecule has 0 unspecified atom stereocenters. The van der Waals surface area contributed by atoms with Gasteiger partial charge in [-0.2, -0.15) is 26.3 Å². The van der Waals surface area contributed by atoms with E-state index in [1.165, 1.54) is 48.5 Å². The lowest BCUT2D eigenvalue weighted by molar-refractivity contribution is -0.153. The number of benzene rings is 2. The van der Waals surface area contributed by atoms with Crippen molar-refractivity contribution in [3.05, 3.63) is 54.4 Å². The molecule has 3 aromatic rings. The highest BCUT2D eigenvalue weighted by atomic mass is 19.4. The minimum absolute atomic E-state index is 0.0692. The van der Waals surface area contributed by atoms with Gasteiger partial charge in [0.2, 0.25) is 11.7 Å². The SMILES string of the molecule is O=C(Cn1c(C(F)(F)F)nc2ccccc21)Nc1ccc(OCC(F)(F)F)cc1. The maximum atomic E-state index is 13.3. The Kier molecular flexibility index (Phi) is 5.40. The van der Waals surface area contributed by atoms with Gasteiger partial charge in [0.05, 0.1) is 11.0 Å². The summed E-state index contributed by atoms with van der Waals surface area (Å²) in [6, 6.07) is 10.8. The van der Waals surface area contributed by atoms with Crippen LogP contribution in [0.25, 0.3) is 11.0 Å². The van der Waals surface area contributed by atoms with Crippen molar-refractivity contribution in [2.75, 3.05) is 11.9 Å². The predicted molar refractivity (Wildman–Crippen MR) is 91.4 cm³/mol. The molecule has 154 valence electrons. The van der Waals surface area contributed by atoms with Crippen LogP contribution in [0.4, 0.5) is 32.0 Å². The van der Waals surface area contributed by atoms with Crippen LogP contribution in [-0.2, 0) is 17.5 Å². The van der Waals surface area contributed by atoms with E-state index in [1.807, 2.05) is 0 Å². The van der Waals surface area contributed by atoms with Gasteiger partial charge in [0.25, 0.3) is 0 Å². The third-order valence-electron chi connectivity index (χ3n) is 3.75. The van der Waals surface area contributed by atoms with E-state index in [0.717, 1.165) is 4.57 Å². The van der Waals surface area contributed by atoms with Gasteiger partial charge >= 0.3 is 12.4 Å². The van der Waals surface area contributed by atoms with Gasteiger partial charge in [0.15, 0.2) is 6.61 Å². The van der Waals surface area contributed by atoms with Crippen LogP contribution in [-0.4, -0.2) is 28.2 Å². The Morgan fingerprint density at radius 2 is 1.66 bits per heavy atom. The van der Waals surface area contributed by atoms with Crippen LogP contribution >= 0.6 is 0 Å². The third-order valence-corrected chi connectivity index (χ3v) is 3.75. The quantitative estimate of drug-likeness (QED) is 0.616. The molecule has 0 fully saturated rings. The van der Waals surface area contributed by atoms with Gasteiger partial charge in [-0.1, -0.05) is 12.1 Å². The molecule has 2 aromatic carbocycles. The number of hydrogen-bond acceptors (Lipinski definition) is 3. The highest BCUT2D eigenvalue weighted by Crippen LogP contribution is 2.31. The van der Waals surface area contributed by atoms with E-state index in [2.05, 4.69) is 15.0 Å². The maximum Gasteiger partial charge on any atom is 0.449 e. The number of nitrogens with one attached hydrogen (secondary N) is 1. The summed E-state index contributed by atoms with van der Waals surface area (Å²) in [7, 11) is 0. The fourth-order valence-electron chi connectivity index (χ4n) is 2.60. The number of anilines is 1. The molecule has 3 rings (SSSR count). The molecule has 0 aliphatic carbocycles. The Morgan fingerprint density at radius 1 is 1.00 bits per heavy atom. The van der Waals surface area contributed by atoms with Crippen LogP contribution in [0, 0.1) is 0 Å². The van der Waals surface area contributed by atoms with E-state index in [4.69, 9.17) is 0 Å². The number of carbonyl (C=O) groups excluding carboxylic acids is 1. The van der Waals surface area contributed by atoms with Crippen LogP contribution in [0.1, 0.15) is 5.82 Å². The zero-order valence-corrected chi connectivity index (χ0v) is 14.5. The van der Waals surface area contributed by atoms with Crippen LogP contribution < -0.4 is 10.1 Å². The number of amides is 1. The number of rotatable bonds is 5. The lowest BCUT2D eigenvalue weighted by atomic mass is 10.3. The molecule has 1 aromatic heterocycles. The largest absolute Gasteiger partial charge is 0.484 e. The molecule has 1 amide bonds. The molecule has 0 aliphatic rings. The standard InChI is InChI=1S/C18H13F6N3O2/c19-17(20,21)10-29-12-7-5-11(6-8-12)25-15(28)9-27-14-4-2-1-3-13(14)26-16(27)18(22,23)24/h1-8H,9-10H2,(H,25,28). The van der Waals surface area contributed by atoms with E-state index in [-0.39, 0.29) is 22.5 Å². The van der Waals surface area contributed by atoms with Crippen LogP contribution in [0.15, 0.2) is 48.5 Å². The summed E-state index contributed by atoms with van der Waals surface area (Å²) < 4.78 is 81.5. The Bertz CT molecular complexity index is 1010. The first-order chi connectivity index (χ1) is 13.5. The van der Waals surface area contributed by atoms with Gasteiger partial charge in [-0.05, 0) is 36.4 Å². The fourth-order valence-corrected chi connectivity index (χ4v) is 2.60. The predicted octanol–water partition coefficient (Wildman–Crippen LogP) is 4.63. The van der Waals surface area contributed by atoms with Crippen molar-refractivity contribution >= 4 is 22.6 Å². The van der Waals surface area contributed by atoms with Crippen molar-refractivity contribution in [3.63, 3.8) is 0 Å². The average Bonchev–Trinajstić information content (AvgIpc) is 2.99. The number of para-hydroxylation sites is 2. The number of nitrogens with zero attached hydrogens (tertiary/aromatic N) is 2. The number of aromatic nitrogens is 2. The molecule has 0 spiro atoms. The van der Waals surface area contributed by atoms with Crippen LogP contribution in [0.2, 0.25) is 0 Å². The smallest absolute Gasteiger partial charge is 0.449 e. The summed E-state index contributed by atoms with van der Waals surface area (Å²) in [5.74, 6) is -2.03. The molecule has 1 heterocycles.